The van der Waals surface area contributed by atoms with Crippen LogP contribution in [0.5, 0.6) is 0 Å². The van der Waals surface area contributed by atoms with Crippen LogP contribution in [0.3, 0.4) is 0 Å². The van der Waals surface area contributed by atoms with Crippen molar-refractivity contribution in [2.24, 2.45) is 0 Å². The molecule has 0 saturated carbocycles. The zero-order valence-corrected chi connectivity index (χ0v) is 18.9. The summed E-state index contributed by atoms with van der Waals surface area (Å²) in [5.41, 5.74) is -6.25. The molecular weight excluding hydrogens is 510 g/mol. The van der Waals surface area contributed by atoms with E-state index in [0.717, 1.165) is 32.0 Å². The molecule has 0 bridgehead atoms. The number of benzene rings is 1. The van der Waals surface area contributed by atoms with Crippen LogP contribution in [0.4, 0.5) is 5.69 Å². The average molecular weight is 528 g/mol. The highest BCUT2D eigenvalue weighted by molar-refractivity contribution is 7.92. The zero-order chi connectivity index (χ0) is 24.4. The largest absolute Gasteiger partial charge is 0.398 e. The molecule has 2 N–H and O–H groups in total. The van der Waals surface area contributed by atoms with Gasteiger partial charge in [0.05, 0.1) is 16.4 Å². The Hall–Kier alpha value is -1.74. The van der Waals surface area contributed by atoms with E-state index in [1.54, 1.807) is 0 Å². The number of hydrogen-bond acceptors (Lipinski definition) is 12. The van der Waals surface area contributed by atoms with Gasteiger partial charge in [-0.25, -0.2) is 25.2 Å². The lowest BCUT2D eigenvalue weighted by Gasteiger charge is -2.16. The van der Waals surface area contributed by atoms with Crippen LogP contribution < -0.4 is 0 Å². The number of nitrogens with zero attached hydrogens (tertiary/aromatic N) is 1. The van der Waals surface area contributed by atoms with E-state index >= 15 is 0 Å². The van der Waals surface area contributed by atoms with E-state index in [9.17, 15) is 43.8 Å². The minimum Gasteiger partial charge on any atom is -0.263 e. The molecule has 0 amide bonds. The Labute approximate surface area is 177 Å². The second kappa shape index (κ2) is 9.40. The molecule has 0 heterocycles. The minimum absolute atomic E-state index is 0.442. The van der Waals surface area contributed by atoms with Gasteiger partial charge < -0.3 is 0 Å². The van der Waals surface area contributed by atoms with Gasteiger partial charge in [0.25, 0.3) is 5.69 Å². The van der Waals surface area contributed by atoms with E-state index in [0.29, 0.717) is 0 Å². The first-order valence-electron chi connectivity index (χ1n) is 7.75. The Bertz CT molecular complexity index is 1260. The summed E-state index contributed by atoms with van der Waals surface area (Å²) in [5.74, 6) is -2.40. The maximum Gasteiger partial charge on any atom is 0.398 e. The molecule has 0 aliphatic heterocycles. The third kappa shape index (κ3) is 8.37. The summed E-state index contributed by atoms with van der Waals surface area (Å²) >= 11 is 0. The standard InChI is InChI=1S/C12H17NO14S4/c1-8(26-30(20,21)22)28(16,17)6-10-4-3-5-12(13(14)15)11(10)7-29(18,19)9(2)27-31(23,24)25/h3-5,8-9H,6-7H2,1-2H3,(H,20,21,22)(H,23,24,25). The number of sulfone groups is 2. The third-order valence-corrected chi connectivity index (χ3v) is 8.60. The SMILES string of the molecule is CC(OS(=O)(=O)O)S(=O)(=O)Cc1cccc([N+](=O)[O-])c1CS(=O)(=O)C(C)OS(=O)(=O)O. The maximum absolute atomic E-state index is 12.4. The lowest BCUT2D eigenvalue weighted by Crippen LogP contribution is -2.28. The molecule has 1 rings (SSSR count). The molecule has 178 valence electrons. The number of nitro benzene ring substituents is 1. The molecular formula is C12H17NO14S4. The van der Waals surface area contributed by atoms with E-state index in [1.807, 2.05) is 0 Å². The fourth-order valence-corrected chi connectivity index (χ4v) is 6.36. The fourth-order valence-electron chi connectivity index (χ4n) is 2.21. The van der Waals surface area contributed by atoms with Crippen molar-refractivity contribution >= 4 is 46.2 Å². The molecule has 15 nitrogen and oxygen atoms in total. The first-order valence-corrected chi connectivity index (χ1v) is 13.9. The Morgan fingerprint density at radius 2 is 1.29 bits per heavy atom. The predicted octanol–water partition coefficient (Wildman–Crippen LogP) is -0.245. The summed E-state index contributed by atoms with van der Waals surface area (Å²) < 4.78 is 118. The van der Waals surface area contributed by atoms with Gasteiger partial charge in [0.1, 0.15) is 0 Å². The lowest BCUT2D eigenvalue weighted by atomic mass is 10.1. The van der Waals surface area contributed by atoms with Gasteiger partial charge in [-0.2, -0.15) is 16.8 Å². The monoisotopic (exact) mass is 527 g/mol. The van der Waals surface area contributed by atoms with Gasteiger partial charge in [-0.05, 0) is 19.4 Å². The topological polar surface area (TPSA) is 239 Å². The van der Waals surface area contributed by atoms with Crippen molar-refractivity contribution in [3.8, 4) is 0 Å². The summed E-state index contributed by atoms with van der Waals surface area (Å²) in [6.07, 6.45) is 0. The second-order valence-corrected chi connectivity index (χ2v) is 12.6. The summed E-state index contributed by atoms with van der Waals surface area (Å²) in [4.78, 5) is 10.3. The molecule has 0 saturated heterocycles. The molecule has 0 radical (unpaired) electrons. The van der Waals surface area contributed by atoms with Gasteiger partial charge in [-0.1, -0.05) is 12.1 Å². The van der Waals surface area contributed by atoms with Crippen molar-refractivity contribution in [1.29, 1.82) is 0 Å². The lowest BCUT2D eigenvalue weighted by molar-refractivity contribution is -0.385. The normalized spacial score (nSPS) is 15.4. The summed E-state index contributed by atoms with van der Waals surface area (Å²) in [5, 5.41) is 11.3. The molecule has 2 unspecified atom stereocenters. The van der Waals surface area contributed by atoms with Crippen LogP contribution in [0.1, 0.15) is 25.0 Å². The van der Waals surface area contributed by atoms with Crippen LogP contribution >= 0.6 is 0 Å². The van der Waals surface area contributed by atoms with Crippen LogP contribution in [0, 0.1) is 10.1 Å². The molecule has 0 spiro atoms. The van der Waals surface area contributed by atoms with E-state index in [2.05, 4.69) is 8.37 Å². The Kier molecular flexibility index (Phi) is 8.28. The minimum atomic E-state index is -5.20. The summed E-state index contributed by atoms with van der Waals surface area (Å²) in [6.45, 7) is 1.47. The quantitative estimate of drug-likeness (QED) is 0.214. The van der Waals surface area contributed by atoms with Crippen LogP contribution in [-0.2, 0) is 60.3 Å². The zero-order valence-electron chi connectivity index (χ0n) is 15.7. The first kappa shape index (κ1) is 27.3. The van der Waals surface area contributed by atoms with Gasteiger partial charge in [0.15, 0.2) is 30.5 Å². The van der Waals surface area contributed by atoms with Crippen molar-refractivity contribution in [3.63, 3.8) is 0 Å². The third-order valence-electron chi connectivity index (χ3n) is 3.67. The van der Waals surface area contributed by atoms with Crippen molar-refractivity contribution < 1.29 is 56.1 Å². The number of hydrogen-bond donors (Lipinski definition) is 2. The van der Waals surface area contributed by atoms with E-state index < -0.39 is 84.6 Å². The van der Waals surface area contributed by atoms with Gasteiger partial charge in [-0.3, -0.25) is 19.2 Å². The number of nitro groups is 1. The van der Waals surface area contributed by atoms with Gasteiger partial charge in [0, 0.05) is 11.6 Å². The van der Waals surface area contributed by atoms with E-state index in [-0.39, 0.29) is 0 Å². The Morgan fingerprint density at radius 1 is 0.871 bits per heavy atom. The number of rotatable bonds is 11. The second-order valence-electron chi connectivity index (χ2n) is 5.97. The molecule has 1 aromatic rings. The van der Waals surface area contributed by atoms with Crippen molar-refractivity contribution in [2.45, 2.75) is 36.2 Å². The van der Waals surface area contributed by atoms with E-state index in [1.165, 1.54) is 0 Å². The van der Waals surface area contributed by atoms with Crippen LogP contribution in [0.25, 0.3) is 0 Å². The molecule has 31 heavy (non-hydrogen) atoms. The highest BCUT2D eigenvalue weighted by atomic mass is 32.3. The van der Waals surface area contributed by atoms with Gasteiger partial charge in [-0.15, -0.1) is 0 Å². The first-order chi connectivity index (χ1) is 13.8. The Morgan fingerprint density at radius 3 is 1.68 bits per heavy atom. The average Bonchev–Trinajstić information content (AvgIpc) is 2.52. The summed E-state index contributed by atoms with van der Waals surface area (Å²) in [6, 6.07) is 2.89. The highest BCUT2D eigenvalue weighted by Gasteiger charge is 2.33. The van der Waals surface area contributed by atoms with Crippen molar-refractivity contribution in [1.82, 2.24) is 0 Å². The molecule has 1 aromatic carbocycles. The van der Waals surface area contributed by atoms with Gasteiger partial charge in [0.2, 0.25) is 0 Å². The molecule has 2 atom stereocenters. The molecule has 0 aliphatic rings. The molecule has 19 heteroatoms. The van der Waals surface area contributed by atoms with Crippen LogP contribution in [0.2, 0.25) is 0 Å². The van der Waals surface area contributed by atoms with Crippen LogP contribution in [-0.4, -0.2) is 58.6 Å². The summed E-state index contributed by atoms with van der Waals surface area (Å²) in [7, 11) is -19.6. The highest BCUT2D eigenvalue weighted by Crippen LogP contribution is 2.29. The van der Waals surface area contributed by atoms with Gasteiger partial charge >= 0.3 is 20.8 Å². The van der Waals surface area contributed by atoms with E-state index in [4.69, 9.17) is 9.11 Å². The molecule has 0 aromatic heterocycles. The van der Waals surface area contributed by atoms with Crippen molar-refractivity contribution in [2.75, 3.05) is 0 Å². The molecule has 0 aliphatic carbocycles. The van der Waals surface area contributed by atoms with Crippen LogP contribution in [0.15, 0.2) is 18.2 Å². The molecule has 0 fully saturated rings. The Balaban J connectivity index is 3.47. The smallest absolute Gasteiger partial charge is 0.263 e. The fraction of sp³-hybridized carbons (Fsp3) is 0.500. The maximum atomic E-state index is 12.4. The van der Waals surface area contributed by atoms with Crippen molar-refractivity contribution in [3.05, 3.63) is 39.4 Å². The predicted molar refractivity (Wildman–Crippen MR) is 103 cm³/mol.